The second-order valence-corrected chi connectivity index (χ2v) is 3.86. The number of aryl methyl sites for hydroxylation is 2. The lowest BCUT2D eigenvalue weighted by Crippen LogP contribution is -2.03. The average Bonchev–Trinajstić information content (AvgIpc) is 2.57. The smallest absolute Gasteiger partial charge is 0.125 e. The maximum atomic E-state index is 13.3. The third-order valence-corrected chi connectivity index (χ3v) is 2.43. The van der Waals surface area contributed by atoms with Crippen molar-refractivity contribution in [2.45, 2.75) is 20.4 Å². The molecule has 3 nitrogen and oxygen atoms in total. The zero-order valence-electron chi connectivity index (χ0n) is 9.37. The molecule has 1 aromatic heterocycles. The molecule has 0 aliphatic rings. The van der Waals surface area contributed by atoms with Crippen LogP contribution in [0.25, 0.3) is 5.69 Å². The minimum atomic E-state index is -0.287. The Kier molecular flexibility index (Phi) is 2.75. The number of aromatic nitrogens is 2. The average molecular weight is 219 g/mol. The van der Waals surface area contributed by atoms with Crippen LogP contribution in [0.1, 0.15) is 17.0 Å². The van der Waals surface area contributed by atoms with Gasteiger partial charge < -0.3 is 5.73 Å². The van der Waals surface area contributed by atoms with Gasteiger partial charge in [-0.1, -0.05) is 0 Å². The van der Waals surface area contributed by atoms with Crippen LogP contribution in [0.5, 0.6) is 0 Å². The zero-order valence-corrected chi connectivity index (χ0v) is 9.37. The molecule has 0 saturated heterocycles. The number of hydrogen-bond acceptors (Lipinski definition) is 2. The second kappa shape index (κ2) is 4.06. The lowest BCUT2D eigenvalue weighted by atomic mass is 10.2. The number of nitrogens with zero attached hydrogens (tertiary/aromatic N) is 2. The van der Waals surface area contributed by atoms with Crippen LogP contribution in [0.15, 0.2) is 24.3 Å². The first-order valence-electron chi connectivity index (χ1n) is 5.13. The fraction of sp³-hybridized carbons (Fsp3) is 0.250. The van der Waals surface area contributed by atoms with Crippen molar-refractivity contribution in [3.05, 3.63) is 47.0 Å². The normalized spacial score (nSPS) is 10.8. The van der Waals surface area contributed by atoms with E-state index >= 15 is 0 Å². The number of halogens is 1. The van der Waals surface area contributed by atoms with Crippen molar-refractivity contribution in [2.24, 2.45) is 5.73 Å². The Bertz CT molecular complexity index is 517. The van der Waals surface area contributed by atoms with Crippen LogP contribution in [0.4, 0.5) is 4.39 Å². The van der Waals surface area contributed by atoms with Crippen LogP contribution >= 0.6 is 0 Å². The lowest BCUT2D eigenvalue weighted by Gasteiger charge is -2.06. The Hall–Kier alpha value is -1.68. The molecular weight excluding hydrogens is 205 g/mol. The summed E-state index contributed by atoms with van der Waals surface area (Å²) in [5, 5.41) is 4.31. The van der Waals surface area contributed by atoms with E-state index in [1.807, 2.05) is 26.0 Å². The molecule has 1 aromatic carbocycles. The molecule has 0 radical (unpaired) electrons. The van der Waals surface area contributed by atoms with E-state index in [0.29, 0.717) is 12.2 Å². The summed E-state index contributed by atoms with van der Waals surface area (Å²) in [7, 11) is 0. The van der Waals surface area contributed by atoms with Crippen molar-refractivity contribution >= 4 is 0 Å². The summed E-state index contributed by atoms with van der Waals surface area (Å²) in [4.78, 5) is 0. The number of benzene rings is 1. The van der Waals surface area contributed by atoms with Crippen molar-refractivity contribution in [1.82, 2.24) is 9.78 Å². The molecule has 0 unspecified atom stereocenters. The first-order valence-corrected chi connectivity index (χ1v) is 5.13. The van der Waals surface area contributed by atoms with E-state index in [0.717, 1.165) is 17.0 Å². The minimum Gasteiger partial charge on any atom is -0.326 e. The third-order valence-electron chi connectivity index (χ3n) is 2.43. The topological polar surface area (TPSA) is 43.8 Å². The predicted molar refractivity (Wildman–Crippen MR) is 60.9 cm³/mol. The van der Waals surface area contributed by atoms with Gasteiger partial charge in [0.25, 0.3) is 0 Å². The molecule has 0 amide bonds. The summed E-state index contributed by atoms with van der Waals surface area (Å²) < 4.78 is 15.1. The molecular formula is C12H14FN3. The monoisotopic (exact) mass is 219 g/mol. The van der Waals surface area contributed by atoms with Gasteiger partial charge in [-0.3, -0.25) is 0 Å². The minimum absolute atomic E-state index is 0.287. The van der Waals surface area contributed by atoms with Gasteiger partial charge in [0.15, 0.2) is 0 Å². The van der Waals surface area contributed by atoms with Crippen molar-refractivity contribution in [3.8, 4) is 5.69 Å². The quantitative estimate of drug-likeness (QED) is 0.840. The molecule has 0 spiro atoms. The largest absolute Gasteiger partial charge is 0.326 e. The number of hydrogen-bond donors (Lipinski definition) is 1. The van der Waals surface area contributed by atoms with Gasteiger partial charge in [0.05, 0.1) is 11.4 Å². The van der Waals surface area contributed by atoms with E-state index in [4.69, 9.17) is 5.73 Å². The molecule has 0 fully saturated rings. The summed E-state index contributed by atoms with van der Waals surface area (Å²) in [5.74, 6) is -0.287. The van der Waals surface area contributed by atoms with Gasteiger partial charge in [-0.15, -0.1) is 0 Å². The summed E-state index contributed by atoms with van der Waals surface area (Å²) in [5.41, 5.74) is 8.88. The Labute approximate surface area is 93.7 Å². The maximum absolute atomic E-state index is 13.3. The summed E-state index contributed by atoms with van der Waals surface area (Å²) in [6.45, 7) is 4.17. The van der Waals surface area contributed by atoms with Crippen LogP contribution in [0.2, 0.25) is 0 Å². The molecule has 0 bridgehead atoms. The lowest BCUT2D eigenvalue weighted by molar-refractivity contribution is 0.622. The highest BCUT2D eigenvalue weighted by Gasteiger charge is 2.06. The number of nitrogens with two attached hydrogens (primary N) is 1. The molecule has 2 aromatic rings. The fourth-order valence-electron chi connectivity index (χ4n) is 1.76. The van der Waals surface area contributed by atoms with Gasteiger partial charge in [-0.2, -0.15) is 5.10 Å². The van der Waals surface area contributed by atoms with Crippen LogP contribution < -0.4 is 5.73 Å². The van der Waals surface area contributed by atoms with Gasteiger partial charge in [0.1, 0.15) is 5.82 Å². The Morgan fingerprint density at radius 1 is 1.25 bits per heavy atom. The summed E-state index contributed by atoms with van der Waals surface area (Å²) >= 11 is 0. The van der Waals surface area contributed by atoms with Crippen LogP contribution in [-0.2, 0) is 6.54 Å². The van der Waals surface area contributed by atoms with E-state index < -0.39 is 0 Å². The van der Waals surface area contributed by atoms with Crippen LogP contribution in [-0.4, -0.2) is 9.78 Å². The van der Waals surface area contributed by atoms with Gasteiger partial charge in [0.2, 0.25) is 0 Å². The zero-order chi connectivity index (χ0) is 11.7. The standard InChI is InChI=1S/C12H14FN3/c1-8-3-9(2)16(15-8)12-5-10(7-14)4-11(13)6-12/h3-6H,7,14H2,1-2H3. The molecule has 0 saturated carbocycles. The Balaban J connectivity index is 2.55. The highest BCUT2D eigenvalue weighted by Crippen LogP contribution is 2.15. The van der Waals surface area contributed by atoms with Gasteiger partial charge in [0, 0.05) is 12.2 Å². The maximum Gasteiger partial charge on any atom is 0.125 e. The van der Waals surface area contributed by atoms with E-state index in [-0.39, 0.29) is 5.82 Å². The first-order chi connectivity index (χ1) is 7.60. The second-order valence-electron chi connectivity index (χ2n) is 3.86. The van der Waals surface area contributed by atoms with Crippen molar-refractivity contribution < 1.29 is 4.39 Å². The molecule has 1 heterocycles. The highest BCUT2D eigenvalue weighted by atomic mass is 19.1. The summed E-state index contributed by atoms with van der Waals surface area (Å²) in [6, 6.07) is 6.70. The molecule has 16 heavy (non-hydrogen) atoms. The van der Waals surface area contributed by atoms with Gasteiger partial charge in [-0.25, -0.2) is 9.07 Å². The molecule has 0 aliphatic carbocycles. The van der Waals surface area contributed by atoms with Crippen molar-refractivity contribution in [1.29, 1.82) is 0 Å². The summed E-state index contributed by atoms with van der Waals surface area (Å²) in [6.07, 6.45) is 0. The van der Waals surface area contributed by atoms with Crippen LogP contribution in [0, 0.1) is 19.7 Å². The molecule has 0 aliphatic heterocycles. The SMILES string of the molecule is Cc1cc(C)n(-c2cc(F)cc(CN)c2)n1. The predicted octanol–water partition coefficient (Wildman–Crippen LogP) is 2.09. The van der Waals surface area contributed by atoms with E-state index in [9.17, 15) is 4.39 Å². The van der Waals surface area contributed by atoms with Crippen molar-refractivity contribution in [2.75, 3.05) is 0 Å². The Morgan fingerprint density at radius 3 is 2.56 bits per heavy atom. The molecule has 84 valence electrons. The van der Waals surface area contributed by atoms with E-state index in [1.165, 1.54) is 12.1 Å². The molecule has 0 atom stereocenters. The molecule has 4 heteroatoms. The first kappa shape index (κ1) is 10.8. The van der Waals surface area contributed by atoms with Crippen LogP contribution in [0.3, 0.4) is 0 Å². The third kappa shape index (κ3) is 1.97. The Morgan fingerprint density at radius 2 is 2.00 bits per heavy atom. The molecule has 2 N–H and O–H groups in total. The van der Waals surface area contributed by atoms with Gasteiger partial charge in [-0.05, 0) is 43.7 Å². The number of rotatable bonds is 2. The van der Waals surface area contributed by atoms with E-state index in [2.05, 4.69) is 5.10 Å². The van der Waals surface area contributed by atoms with Crippen molar-refractivity contribution in [3.63, 3.8) is 0 Å². The fourth-order valence-corrected chi connectivity index (χ4v) is 1.76. The molecule has 2 rings (SSSR count). The van der Waals surface area contributed by atoms with E-state index in [1.54, 1.807) is 4.68 Å². The van der Waals surface area contributed by atoms with Gasteiger partial charge >= 0.3 is 0 Å². The highest BCUT2D eigenvalue weighted by molar-refractivity contribution is 5.37.